The molecule has 3 atom stereocenters. The summed E-state index contributed by atoms with van der Waals surface area (Å²) >= 11 is 0. The van der Waals surface area contributed by atoms with Gasteiger partial charge in [0.15, 0.2) is 34.7 Å². The number of aromatic carboxylic acids is 1. The Balaban J connectivity index is 1.09. The summed E-state index contributed by atoms with van der Waals surface area (Å²) in [5.74, 6) is -3.71. The van der Waals surface area contributed by atoms with Crippen LogP contribution in [-0.2, 0) is 24.4 Å². The van der Waals surface area contributed by atoms with E-state index in [1.54, 1.807) is 12.1 Å². The van der Waals surface area contributed by atoms with Crippen LogP contribution >= 0.6 is 0 Å². The number of carboxylic acid groups (broad SMARTS) is 1. The molecule has 226 valence electrons. The summed E-state index contributed by atoms with van der Waals surface area (Å²) in [5, 5.41) is 9.46. The predicted octanol–water partition coefficient (Wildman–Crippen LogP) is 4.14. The fraction of sp³-hybridized carbons (Fsp3) is 0.414. The molecule has 14 heteroatoms. The Morgan fingerprint density at radius 1 is 1.12 bits per heavy atom. The number of imidazole rings is 1. The molecule has 3 aromatic heterocycles. The average molecular weight is 599 g/mol. The van der Waals surface area contributed by atoms with Gasteiger partial charge in [-0.25, -0.2) is 32.9 Å². The van der Waals surface area contributed by atoms with Crippen LogP contribution in [0.2, 0.25) is 0 Å². The number of halogens is 3. The molecule has 6 rings (SSSR count). The molecule has 0 aliphatic carbocycles. The molecule has 2 aliphatic heterocycles. The molecule has 43 heavy (non-hydrogen) atoms. The molecule has 2 aliphatic rings. The van der Waals surface area contributed by atoms with Gasteiger partial charge in [-0.15, -0.1) is 0 Å². The highest BCUT2D eigenvalue weighted by Crippen LogP contribution is 2.27. The number of rotatable bonds is 10. The minimum atomic E-state index is -1.30. The fourth-order valence-electron chi connectivity index (χ4n) is 5.27. The number of ether oxygens (including phenoxy) is 3. The van der Waals surface area contributed by atoms with Gasteiger partial charge in [0.1, 0.15) is 18.5 Å². The molecule has 0 saturated carbocycles. The number of likely N-dealkylation sites (tertiary alicyclic amines) is 1. The summed E-state index contributed by atoms with van der Waals surface area (Å²) < 4.78 is 59.6. The molecule has 2 fully saturated rings. The molecular weight excluding hydrogens is 569 g/mol. The largest absolute Gasteiger partial charge is 0.482 e. The summed E-state index contributed by atoms with van der Waals surface area (Å²) in [5.41, 5.74) is 1.28. The minimum absolute atomic E-state index is 0.0558. The molecule has 0 spiro atoms. The predicted molar refractivity (Wildman–Crippen MR) is 145 cm³/mol. The Morgan fingerprint density at radius 3 is 2.67 bits per heavy atom. The number of benzene rings is 1. The number of fused-ring (bicyclic) bond motifs is 1. The molecule has 0 amide bonds. The highest BCUT2D eigenvalue weighted by molar-refractivity contribution is 5.91. The summed E-state index contributed by atoms with van der Waals surface area (Å²) in [6, 6.07) is 4.42. The summed E-state index contributed by atoms with van der Waals surface area (Å²) in [6.45, 7) is 4.41. The van der Waals surface area contributed by atoms with E-state index in [0.717, 1.165) is 18.8 Å². The van der Waals surface area contributed by atoms with Gasteiger partial charge < -0.3 is 23.9 Å². The van der Waals surface area contributed by atoms with Gasteiger partial charge in [0, 0.05) is 49.8 Å². The van der Waals surface area contributed by atoms with Crippen LogP contribution in [0.3, 0.4) is 0 Å². The molecule has 1 N–H and O–H groups in total. The van der Waals surface area contributed by atoms with Crippen molar-refractivity contribution in [1.82, 2.24) is 29.4 Å². The Kier molecular flexibility index (Phi) is 8.13. The van der Waals surface area contributed by atoms with E-state index in [1.165, 1.54) is 12.4 Å². The van der Waals surface area contributed by atoms with Crippen LogP contribution in [0.15, 0.2) is 36.7 Å². The number of carboxylic acids is 1. The van der Waals surface area contributed by atoms with E-state index in [1.807, 2.05) is 4.57 Å². The van der Waals surface area contributed by atoms with Crippen LogP contribution in [-0.4, -0.2) is 71.9 Å². The Labute approximate surface area is 244 Å². The lowest BCUT2D eigenvalue weighted by molar-refractivity contribution is -0.0593. The molecule has 11 nitrogen and oxygen atoms in total. The average Bonchev–Trinajstić information content (AvgIpc) is 3.29. The van der Waals surface area contributed by atoms with Crippen molar-refractivity contribution in [3.05, 3.63) is 71.3 Å². The zero-order valence-electron chi connectivity index (χ0n) is 23.3. The van der Waals surface area contributed by atoms with Gasteiger partial charge >= 0.3 is 5.97 Å². The van der Waals surface area contributed by atoms with Crippen LogP contribution in [0.4, 0.5) is 13.2 Å². The number of hydrogen-bond donors (Lipinski definition) is 1. The maximum atomic E-state index is 13.9. The first-order valence-corrected chi connectivity index (χ1v) is 13.9. The monoisotopic (exact) mass is 598 g/mol. The zero-order valence-corrected chi connectivity index (χ0v) is 23.3. The van der Waals surface area contributed by atoms with E-state index < -0.39 is 29.2 Å². The molecule has 0 unspecified atom stereocenters. The fourth-order valence-corrected chi connectivity index (χ4v) is 5.27. The maximum absolute atomic E-state index is 13.9. The first kappa shape index (κ1) is 28.8. The second-order valence-electron chi connectivity index (χ2n) is 10.7. The van der Waals surface area contributed by atoms with Crippen molar-refractivity contribution in [2.45, 2.75) is 64.1 Å². The Hall–Kier alpha value is -4.30. The maximum Gasteiger partial charge on any atom is 0.337 e. The van der Waals surface area contributed by atoms with Gasteiger partial charge in [-0.2, -0.15) is 4.98 Å². The standard InChI is InChI=1S/C29H29F3N6O5/c1-16-8-18(43-27-2-5-33-25(35-27)15-42-24-11-21(31)20(30)10-22(24)32)3-6-37(16)14-26-36-28-23(9-17(12-34-28)29(39)40)38(26)13-19-4-7-41-19/h2,5,9-12,16,18-19H,3-4,6-8,13-15H2,1H3,(H,39,40)/t16-,18-,19-/m0/s1. The number of hydrogen-bond acceptors (Lipinski definition) is 9. The van der Waals surface area contributed by atoms with Crippen LogP contribution in [0.25, 0.3) is 11.2 Å². The van der Waals surface area contributed by atoms with Crippen molar-refractivity contribution >= 4 is 17.1 Å². The molecule has 2 saturated heterocycles. The molecule has 0 radical (unpaired) electrons. The van der Waals surface area contributed by atoms with Crippen LogP contribution < -0.4 is 9.47 Å². The van der Waals surface area contributed by atoms with Crippen LogP contribution in [0.5, 0.6) is 11.6 Å². The van der Waals surface area contributed by atoms with E-state index in [4.69, 9.17) is 19.2 Å². The summed E-state index contributed by atoms with van der Waals surface area (Å²) in [7, 11) is 0. The molecular formula is C29H29F3N6O5. The number of carbonyl (C=O) groups is 1. The lowest BCUT2D eigenvalue weighted by atomic mass is 10.0. The van der Waals surface area contributed by atoms with Crippen LogP contribution in [0.1, 0.15) is 48.2 Å². The van der Waals surface area contributed by atoms with Crippen molar-refractivity contribution < 1.29 is 37.3 Å². The van der Waals surface area contributed by atoms with Gasteiger partial charge in [0.05, 0.1) is 30.3 Å². The minimum Gasteiger partial charge on any atom is -0.482 e. The first-order chi connectivity index (χ1) is 20.7. The Bertz CT molecular complexity index is 1650. The third kappa shape index (κ3) is 6.39. The second kappa shape index (κ2) is 12.1. The number of piperidine rings is 1. The highest BCUT2D eigenvalue weighted by atomic mass is 19.2. The van der Waals surface area contributed by atoms with Crippen molar-refractivity contribution in [3.8, 4) is 11.6 Å². The molecule has 1 aromatic carbocycles. The Morgan fingerprint density at radius 2 is 1.93 bits per heavy atom. The first-order valence-electron chi connectivity index (χ1n) is 13.9. The highest BCUT2D eigenvalue weighted by Gasteiger charge is 2.30. The van der Waals surface area contributed by atoms with Gasteiger partial charge in [0.2, 0.25) is 5.88 Å². The van der Waals surface area contributed by atoms with E-state index >= 15 is 0 Å². The third-order valence-electron chi connectivity index (χ3n) is 7.72. The van der Waals surface area contributed by atoms with E-state index in [0.29, 0.717) is 61.7 Å². The van der Waals surface area contributed by atoms with E-state index in [2.05, 4.69) is 26.8 Å². The van der Waals surface area contributed by atoms with E-state index in [9.17, 15) is 23.1 Å². The third-order valence-corrected chi connectivity index (χ3v) is 7.72. The van der Waals surface area contributed by atoms with Crippen LogP contribution in [0, 0.1) is 17.5 Å². The van der Waals surface area contributed by atoms with E-state index in [-0.39, 0.29) is 36.2 Å². The van der Waals surface area contributed by atoms with Gasteiger partial charge in [-0.3, -0.25) is 4.90 Å². The number of pyridine rings is 1. The van der Waals surface area contributed by atoms with Crippen molar-refractivity contribution in [1.29, 1.82) is 0 Å². The molecule has 4 aromatic rings. The molecule has 5 heterocycles. The van der Waals surface area contributed by atoms with Gasteiger partial charge in [-0.05, 0) is 32.3 Å². The quantitative estimate of drug-likeness (QED) is 0.266. The van der Waals surface area contributed by atoms with Gasteiger partial charge in [-0.1, -0.05) is 0 Å². The van der Waals surface area contributed by atoms with Crippen molar-refractivity contribution in [3.63, 3.8) is 0 Å². The summed E-state index contributed by atoms with van der Waals surface area (Å²) in [4.78, 5) is 31.3. The lowest BCUT2D eigenvalue weighted by Gasteiger charge is -2.37. The SMILES string of the molecule is C[C@H]1C[C@@H](Oc2ccnc(COc3cc(F)c(F)cc3F)n2)CCN1Cc1nc2ncc(C(=O)O)cc2n1C[C@@H]1CCO1. The van der Waals surface area contributed by atoms with Crippen molar-refractivity contribution in [2.24, 2.45) is 0 Å². The topological polar surface area (TPSA) is 125 Å². The number of aromatic nitrogens is 5. The van der Waals surface area contributed by atoms with Crippen molar-refractivity contribution in [2.75, 3.05) is 13.2 Å². The second-order valence-corrected chi connectivity index (χ2v) is 10.7. The van der Waals surface area contributed by atoms with Gasteiger partial charge in [0.25, 0.3) is 0 Å². The molecule has 0 bridgehead atoms. The number of nitrogens with zero attached hydrogens (tertiary/aromatic N) is 6. The smallest absolute Gasteiger partial charge is 0.337 e. The zero-order chi connectivity index (χ0) is 30.1. The summed E-state index contributed by atoms with van der Waals surface area (Å²) in [6.07, 6.45) is 5.10. The lowest BCUT2D eigenvalue weighted by Crippen LogP contribution is -2.44. The normalized spacial score (nSPS) is 20.6.